The maximum absolute atomic E-state index is 12.8. The van der Waals surface area contributed by atoms with Crippen LogP contribution in [0.4, 0.5) is 0 Å². The number of carbonyl (C=O) groups excluding carboxylic acids is 3. The zero-order chi connectivity index (χ0) is 23.4. The molecular weight excluding hydrogens is 416 g/mol. The standard InChI is InChI=1S/C27H28N2O4/c1-19-14-24(20(2)29(19)17-21-8-4-3-5-9-21)25(30)18-33-27(32)23-11-6-10-22(15-23)16-28-13-7-12-26(28)31/h3-6,8-11,14-15H,7,12-13,16-18H2,1-2H3. The number of hydrogen-bond acceptors (Lipinski definition) is 4. The zero-order valence-electron chi connectivity index (χ0n) is 19.0. The van der Waals surface area contributed by atoms with E-state index in [-0.39, 0.29) is 18.3 Å². The van der Waals surface area contributed by atoms with Crippen molar-refractivity contribution in [2.75, 3.05) is 13.2 Å². The monoisotopic (exact) mass is 444 g/mol. The number of Topliss-reactive ketones (excluding diaryl/α,β-unsaturated/α-hetero) is 1. The van der Waals surface area contributed by atoms with Crippen LogP contribution in [0.1, 0.15) is 56.1 Å². The van der Waals surface area contributed by atoms with E-state index in [0.717, 1.165) is 35.5 Å². The smallest absolute Gasteiger partial charge is 0.338 e. The van der Waals surface area contributed by atoms with E-state index in [0.29, 0.717) is 30.6 Å². The van der Waals surface area contributed by atoms with Gasteiger partial charge in [-0.3, -0.25) is 9.59 Å². The van der Waals surface area contributed by atoms with Crippen molar-refractivity contribution in [1.82, 2.24) is 9.47 Å². The zero-order valence-corrected chi connectivity index (χ0v) is 19.0. The average Bonchev–Trinajstić information content (AvgIpc) is 3.35. The van der Waals surface area contributed by atoms with Gasteiger partial charge in [0.2, 0.25) is 11.7 Å². The molecule has 3 aromatic rings. The Labute approximate surface area is 193 Å². The fourth-order valence-corrected chi connectivity index (χ4v) is 4.27. The molecule has 1 amide bonds. The Balaban J connectivity index is 1.39. The molecule has 0 aliphatic carbocycles. The van der Waals surface area contributed by atoms with Gasteiger partial charge in [-0.15, -0.1) is 0 Å². The molecule has 1 aliphatic rings. The lowest BCUT2D eigenvalue weighted by Crippen LogP contribution is -2.24. The molecule has 4 rings (SSSR count). The van der Waals surface area contributed by atoms with Crippen molar-refractivity contribution in [3.63, 3.8) is 0 Å². The molecule has 1 fully saturated rings. The lowest BCUT2D eigenvalue weighted by molar-refractivity contribution is -0.128. The molecule has 2 heterocycles. The van der Waals surface area contributed by atoms with Gasteiger partial charge in [0, 0.05) is 43.0 Å². The molecule has 1 aliphatic heterocycles. The van der Waals surface area contributed by atoms with Gasteiger partial charge in [0.1, 0.15) is 0 Å². The minimum atomic E-state index is -0.545. The first-order chi connectivity index (χ1) is 15.9. The number of benzene rings is 2. The molecule has 1 saturated heterocycles. The predicted octanol–water partition coefficient (Wildman–Crippen LogP) is 4.32. The van der Waals surface area contributed by atoms with E-state index in [1.807, 2.05) is 44.2 Å². The second kappa shape index (κ2) is 9.86. The Bertz CT molecular complexity index is 1180. The van der Waals surface area contributed by atoms with E-state index < -0.39 is 5.97 Å². The summed E-state index contributed by atoms with van der Waals surface area (Å²) in [6.07, 6.45) is 1.45. The summed E-state index contributed by atoms with van der Waals surface area (Å²) in [7, 11) is 0. The Hall–Kier alpha value is -3.67. The highest BCUT2D eigenvalue weighted by atomic mass is 16.5. The summed E-state index contributed by atoms with van der Waals surface area (Å²) in [5, 5.41) is 0. The van der Waals surface area contributed by atoms with E-state index in [2.05, 4.69) is 16.7 Å². The Kier molecular flexibility index (Phi) is 6.73. The SMILES string of the molecule is Cc1cc(C(=O)COC(=O)c2cccc(CN3CCCC3=O)c2)c(C)n1Cc1ccccc1. The number of nitrogens with zero attached hydrogens (tertiary/aromatic N) is 2. The third kappa shape index (κ3) is 5.22. The minimum absolute atomic E-state index is 0.137. The third-order valence-electron chi connectivity index (χ3n) is 6.10. The third-order valence-corrected chi connectivity index (χ3v) is 6.10. The summed E-state index contributed by atoms with van der Waals surface area (Å²) in [5.74, 6) is -0.635. The van der Waals surface area contributed by atoms with Gasteiger partial charge in [-0.1, -0.05) is 42.5 Å². The van der Waals surface area contributed by atoms with Crippen LogP contribution in [-0.2, 0) is 22.6 Å². The highest BCUT2D eigenvalue weighted by molar-refractivity contribution is 6.00. The molecular formula is C27H28N2O4. The first-order valence-corrected chi connectivity index (χ1v) is 11.2. The van der Waals surface area contributed by atoms with Gasteiger partial charge >= 0.3 is 5.97 Å². The molecule has 1 aromatic heterocycles. The molecule has 6 heteroatoms. The molecule has 6 nitrogen and oxygen atoms in total. The number of aromatic nitrogens is 1. The Morgan fingerprint density at radius 2 is 1.70 bits per heavy atom. The van der Waals surface area contributed by atoms with Gasteiger partial charge in [-0.25, -0.2) is 4.79 Å². The molecule has 0 saturated carbocycles. The van der Waals surface area contributed by atoms with Crippen LogP contribution in [0.3, 0.4) is 0 Å². The van der Waals surface area contributed by atoms with Crippen molar-refractivity contribution in [3.8, 4) is 0 Å². The van der Waals surface area contributed by atoms with Gasteiger partial charge in [-0.05, 0) is 49.6 Å². The largest absolute Gasteiger partial charge is 0.454 e. The van der Waals surface area contributed by atoms with Gasteiger partial charge in [0.15, 0.2) is 6.61 Å². The number of esters is 1. The maximum atomic E-state index is 12.8. The van der Waals surface area contributed by atoms with Crippen LogP contribution in [0.25, 0.3) is 0 Å². The van der Waals surface area contributed by atoms with Crippen molar-refractivity contribution < 1.29 is 19.1 Å². The van der Waals surface area contributed by atoms with Crippen molar-refractivity contribution >= 4 is 17.7 Å². The van der Waals surface area contributed by atoms with Crippen LogP contribution in [0.15, 0.2) is 60.7 Å². The minimum Gasteiger partial charge on any atom is -0.454 e. The fraction of sp³-hybridized carbons (Fsp3) is 0.296. The molecule has 0 N–H and O–H groups in total. The van der Waals surface area contributed by atoms with Crippen molar-refractivity contribution in [1.29, 1.82) is 0 Å². The lowest BCUT2D eigenvalue weighted by Gasteiger charge is -2.15. The number of ketones is 1. The van der Waals surface area contributed by atoms with E-state index in [1.165, 1.54) is 0 Å². The van der Waals surface area contributed by atoms with Gasteiger partial charge in [-0.2, -0.15) is 0 Å². The van der Waals surface area contributed by atoms with Crippen LogP contribution in [0.2, 0.25) is 0 Å². The number of amides is 1. The van der Waals surface area contributed by atoms with E-state index in [9.17, 15) is 14.4 Å². The molecule has 0 spiro atoms. The second-order valence-corrected chi connectivity index (χ2v) is 8.48. The summed E-state index contributed by atoms with van der Waals surface area (Å²) >= 11 is 0. The highest BCUT2D eigenvalue weighted by Gasteiger charge is 2.21. The quantitative estimate of drug-likeness (QED) is 0.383. The fourth-order valence-electron chi connectivity index (χ4n) is 4.27. The van der Waals surface area contributed by atoms with Crippen LogP contribution in [0, 0.1) is 13.8 Å². The summed E-state index contributed by atoms with van der Waals surface area (Å²) in [4.78, 5) is 39.0. The predicted molar refractivity (Wildman–Crippen MR) is 125 cm³/mol. The van der Waals surface area contributed by atoms with Crippen molar-refractivity contribution in [3.05, 3.63) is 94.3 Å². The number of rotatable bonds is 8. The molecule has 0 atom stereocenters. The highest BCUT2D eigenvalue weighted by Crippen LogP contribution is 2.19. The molecule has 0 bridgehead atoms. The van der Waals surface area contributed by atoms with Gasteiger partial charge in [0.25, 0.3) is 0 Å². The first-order valence-electron chi connectivity index (χ1n) is 11.2. The molecule has 2 aromatic carbocycles. The van der Waals surface area contributed by atoms with Gasteiger partial charge < -0.3 is 14.2 Å². The van der Waals surface area contributed by atoms with E-state index in [4.69, 9.17) is 4.74 Å². The molecule has 170 valence electrons. The first kappa shape index (κ1) is 22.5. The second-order valence-electron chi connectivity index (χ2n) is 8.48. The normalized spacial score (nSPS) is 13.4. The lowest BCUT2D eigenvalue weighted by atomic mass is 10.1. The van der Waals surface area contributed by atoms with Crippen LogP contribution < -0.4 is 0 Å². The van der Waals surface area contributed by atoms with Gasteiger partial charge in [0.05, 0.1) is 5.56 Å². The van der Waals surface area contributed by atoms with Crippen molar-refractivity contribution in [2.24, 2.45) is 0 Å². The number of ether oxygens (including phenoxy) is 1. The summed E-state index contributed by atoms with van der Waals surface area (Å²) in [6, 6.07) is 19.0. The molecule has 33 heavy (non-hydrogen) atoms. The van der Waals surface area contributed by atoms with Crippen LogP contribution >= 0.6 is 0 Å². The Morgan fingerprint density at radius 3 is 2.42 bits per heavy atom. The van der Waals surface area contributed by atoms with E-state index in [1.54, 1.807) is 23.1 Å². The van der Waals surface area contributed by atoms with E-state index >= 15 is 0 Å². The van der Waals surface area contributed by atoms with Crippen molar-refractivity contribution in [2.45, 2.75) is 39.8 Å². The molecule has 0 unspecified atom stereocenters. The topological polar surface area (TPSA) is 68.6 Å². The summed E-state index contributed by atoms with van der Waals surface area (Å²) < 4.78 is 7.43. The molecule has 0 radical (unpaired) electrons. The number of hydrogen-bond donors (Lipinski definition) is 0. The Morgan fingerprint density at radius 1 is 0.939 bits per heavy atom. The number of aryl methyl sites for hydroxylation is 1. The number of likely N-dealkylation sites (tertiary alicyclic amines) is 1. The summed E-state index contributed by atoms with van der Waals surface area (Å²) in [5.41, 5.74) is 4.81. The summed E-state index contributed by atoms with van der Waals surface area (Å²) in [6.45, 7) is 5.46. The maximum Gasteiger partial charge on any atom is 0.338 e. The average molecular weight is 445 g/mol. The number of carbonyl (C=O) groups is 3. The van der Waals surface area contributed by atoms with Crippen LogP contribution in [0.5, 0.6) is 0 Å². The van der Waals surface area contributed by atoms with Crippen LogP contribution in [-0.4, -0.2) is 40.3 Å².